The molecule has 44 nitrogen and oxygen atoms in total. The largest absolute Gasteiger partial charge is 0.477 e. The summed E-state index contributed by atoms with van der Waals surface area (Å²) in [6.45, 7) is 0.910. The van der Waals surface area contributed by atoms with Crippen molar-refractivity contribution in [1.82, 2.24) is 21.3 Å². The molecule has 0 aromatic rings. The molecule has 0 aromatic carbocycles. The smallest absolute Gasteiger partial charge is 0.364 e. The van der Waals surface area contributed by atoms with E-state index in [1.54, 1.807) is 6.08 Å². The molecule has 38 atom stereocenters. The first-order valence-corrected chi connectivity index (χ1v) is 49.0. The van der Waals surface area contributed by atoms with Crippen LogP contribution in [0.1, 0.15) is 253 Å². The fourth-order valence-corrected chi connectivity index (χ4v) is 18.3. The van der Waals surface area contributed by atoms with Gasteiger partial charge in [-0.3, -0.25) is 19.2 Å². The predicted octanol–water partition coefficient (Wildman–Crippen LogP) is -2.66. The minimum absolute atomic E-state index is 0.101. The van der Waals surface area contributed by atoms with Crippen LogP contribution in [0.2, 0.25) is 0 Å². The number of ether oxygens (including phenoxy) is 14. The van der Waals surface area contributed by atoms with Crippen molar-refractivity contribution in [1.29, 1.82) is 0 Å². The average molecular weight is 1950 g/mol. The third-order valence-electron chi connectivity index (χ3n) is 26.2. The van der Waals surface area contributed by atoms with Gasteiger partial charge in [-0.2, -0.15) is 0 Å². The number of hydrogen-bond donors (Lipinski definition) is 25. The van der Waals surface area contributed by atoms with E-state index in [9.17, 15) is 131 Å². The maximum atomic E-state index is 14.1. The van der Waals surface area contributed by atoms with Crippen LogP contribution >= 0.6 is 0 Å². The highest BCUT2D eigenvalue weighted by atomic mass is 16.8. The number of carboxylic acids is 1. The molecular formula is C91H162N4O40. The number of allylic oxidation sites excluding steroid dienone is 1. The van der Waals surface area contributed by atoms with Crippen LogP contribution in [0.5, 0.6) is 0 Å². The van der Waals surface area contributed by atoms with E-state index < -0.39 is 315 Å². The Labute approximate surface area is 789 Å². The molecule has 0 bridgehead atoms. The second-order valence-corrected chi connectivity index (χ2v) is 37.0. The van der Waals surface area contributed by atoms with Gasteiger partial charge in [-0.15, -0.1) is 0 Å². The monoisotopic (exact) mass is 1950 g/mol. The standard InChI is InChI=1S/C91H162N4O40/c1-7-9-11-13-15-17-19-21-22-23-24-25-26-28-30-32-34-36-38-40-62(108)95-53(54(105)39-37-35-33-31-29-27-20-18-16-14-12-10-8-2)48-122-86-74(117)72(115)77(60(46-100)127-86)129-89-76(119)83(135-91(90(120)121)41-55(106)63(92-50(4)102)81(134-91)67(110)56(107)42-96)78(61(47-101)128-89)130-84-64(93-51(5)103)80(69(112)57(43-97)124-84)132-88-75(118)82(70(113)59(45-99)126-88)133-85-65(94-52(6)104)79(68(111)58(44-98)125-85)131-87-73(116)71(114)66(109)49(3)123-87/h37,39,49,53-61,63-89,96-101,105-107,109-119H,7-36,38,40-48H2,1-6H3,(H,92,102)(H,93,103)(H,94,104)(H,95,108)(H,120,121)/b39-37+/t49?,53-,54+,55?,56+,57?,58?,59?,60?,61?,63+,64?,65?,66+,67+,68+,69-,70-,71?,72+,73-,74?,75?,76?,77+,78-,79+,80+,81?,82-,83+,84-,85-,86+,87+,88-,89-,91-/m0/s1. The molecule has 0 radical (unpaired) electrons. The van der Waals surface area contributed by atoms with Gasteiger partial charge in [0.1, 0.15) is 159 Å². The molecule has 7 saturated heterocycles. The summed E-state index contributed by atoms with van der Waals surface area (Å²) in [6, 6.07) is -6.92. The van der Waals surface area contributed by atoms with Crippen molar-refractivity contribution in [2.75, 3.05) is 46.2 Å². The van der Waals surface area contributed by atoms with Crippen LogP contribution < -0.4 is 21.3 Å². The number of carbonyl (C=O) groups is 5. The van der Waals surface area contributed by atoms with Gasteiger partial charge in [0, 0.05) is 33.6 Å². The third kappa shape index (κ3) is 35.1. The normalized spacial score (nSPS) is 36.7. The zero-order valence-corrected chi connectivity index (χ0v) is 78.9. The average Bonchev–Trinajstić information content (AvgIpc) is 0.760. The van der Waals surface area contributed by atoms with Crippen LogP contribution in [0.3, 0.4) is 0 Å². The molecule has 0 aromatic heterocycles. The number of carbonyl (C=O) groups excluding carboxylic acids is 4. The molecule has 14 unspecified atom stereocenters. The SMILES string of the molecule is CCCCCCCCCCCCC/C=C/[C@@H](O)[C@H](CO[C@@H]1OC(CO)[C@@H](O[C@@H]2OC(CO)[C@H](O[C@@H]3OC(CO)[C@H](O)[C@H](O[C@@H]4OC(CO)[C@H](O)[C@H](O[C@@H]5OC(CO)[C@@H](O)[C@H](O[C@H]6OC(C)[C@@H](O)C(O)[C@@H]6O)C5NC(C)=O)C4O)C3NC(C)=O)[C@H](O[C@]3(C(=O)O)CC(O)[C@@H](NC(C)=O)C([C@H](O)[C@H](O)CO)O3)C2O)[C@H](O)C1O)NC(=O)CCCCCCCCCCCCCCCCCCCCC. The summed E-state index contributed by atoms with van der Waals surface area (Å²) < 4.78 is 85.1. The van der Waals surface area contributed by atoms with Crippen molar-refractivity contribution >= 4 is 29.6 Å². The zero-order valence-electron chi connectivity index (χ0n) is 78.9. The van der Waals surface area contributed by atoms with Gasteiger partial charge in [-0.1, -0.05) is 206 Å². The molecule has 786 valence electrons. The van der Waals surface area contributed by atoms with Crippen LogP contribution in [0.25, 0.3) is 0 Å². The molecule has 135 heavy (non-hydrogen) atoms. The Morgan fingerprint density at radius 2 is 0.770 bits per heavy atom. The molecule has 0 saturated carbocycles. The number of rotatable bonds is 62. The quantitative estimate of drug-likeness (QED) is 0.0218. The summed E-state index contributed by atoms with van der Waals surface area (Å²) in [5.41, 5.74) is 0. The Balaban J connectivity index is 1.13. The molecule has 44 heteroatoms. The summed E-state index contributed by atoms with van der Waals surface area (Å²) in [5.74, 6) is -8.94. The lowest BCUT2D eigenvalue weighted by Crippen LogP contribution is -2.72. The number of hydrogen-bond acceptors (Lipinski definition) is 39. The summed E-state index contributed by atoms with van der Waals surface area (Å²) in [6.07, 6.45) is -31.7. The van der Waals surface area contributed by atoms with Crippen molar-refractivity contribution in [3.8, 4) is 0 Å². The minimum atomic E-state index is -3.48. The number of aliphatic hydroxyl groups excluding tert-OH is 20. The number of amides is 4. The number of carboxylic acid groups (broad SMARTS) is 1. The minimum Gasteiger partial charge on any atom is -0.477 e. The summed E-state index contributed by atoms with van der Waals surface area (Å²) in [5, 5.41) is 249. The highest BCUT2D eigenvalue weighted by molar-refractivity contribution is 5.77. The van der Waals surface area contributed by atoms with E-state index in [0.717, 1.165) is 85.0 Å². The predicted molar refractivity (Wildman–Crippen MR) is 472 cm³/mol. The highest BCUT2D eigenvalue weighted by Crippen LogP contribution is 2.43. The molecular weight excluding hydrogens is 1790 g/mol. The van der Waals surface area contributed by atoms with E-state index in [2.05, 4.69) is 35.1 Å². The van der Waals surface area contributed by atoms with Gasteiger partial charge in [-0.05, 0) is 26.2 Å². The van der Waals surface area contributed by atoms with Crippen molar-refractivity contribution in [2.45, 2.75) is 486 Å². The number of aliphatic carboxylic acids is 1. The van der Waals surface area contributed by atoms with Crippen LogP contribution in [0, 0.1) is 0 Å². The number of aliphatic hydroxyl groups is 20. The fraction of sp³-hybridized carbons (Fsp3) is 0.923. The van der Waals surface area contributed by atoms with Gasteiger partial charge in [0.05, 0.1) is 76.6 Å². The van der Waals surface area contributed by atoms with Gasteiger partial charge >= 0.3 is 5.97 Å². The third-order valence-corrected chi connectivity index (χ3v) is 26.2. The fourth-order valence-electron chi connectivity index (χ4n) is 18.3. The Morgan fingerprint density at radius 3 is 1.21 bits per heavy atom. The van der Waals surface area contributed by atoms with Gasteiger partial charge in [0.2, 0.25) is 23.6 Å². The zero-order chi connectivity index (χ0) is 99.2. The summed E-state index contributed by atoms with van der Waals surface area (Å²) in [7, 11) is 0. The van der Waals surface area contributed by atoms with E-state index in [0.29, 0.717) is 12.8 Å². The second-order valence-electron chi connectivity index (χ2n) is 37.0. The number of unbranched alkanes of at least 4 members (excludes halogenated alkanes) is 29. The van der Waals surface area contributed by atoms with Crippen LogP contribution in [0.15, 0.2) is 12.2 Å². The molecule has 7 heterocycles. The van der Waals surface area contributed by atoms with Crippen LogP contribution in [0.4, 0.5) is 0 Å². The Hall–Kier alpha value is -4.27. The summed E-state index contributed by atoms with van der Waals surface area (Å²) >= 11 is 0. The molecule has 4 amide bonds. The Bertz CT molecular complexity index is 3360. The summed E-state index contributed by atoms with van der Waals surface area (Å²) in [4.78, 5) is 67.1. The van der Waals surface area contributed by atoms with Gasteiger partial charge in [-0.25, -0.2) is 4.79 Å². The Morgan fingerprint density at radius 1 is 0.400 bits per heavy atom. The lowest BCUT2D eigenvalue weighted by molar-refractivity contribution is -0.404. The van der Waals surface area contributed by atoms with Gasteiger partial charge in [0.15, 0.2) is 37.7 Å². The molecule has 25 N–H and O–H groups in total. The van der Waals surface area contributed by atoms with Crippen molar-refractivity contribution < 1.29 is 198 Å². The Kier molecular flexibility index (Phi) is 53.2. The molecule has 7 fully saturated rings. The van der Waals surface area contributed by atoms with E-state index in [4.69, 9.17) is 66.3 Å². The van der Waals surface area contributed by atoms with Crippen LogP contribution in [-0.4, -0.2) is 416 Å². The van der Waals surface area contributed by atoms with Crippen molar-refractivity contribution in [3.63, 3.8) is 0 Å². The van der Waals surface area contributed by atoms with E-state index in [-0.39, 0.29) is 6.42 Å². The lowest BCUT2D eigenvalue weighted by atomic mass is 9.88. The molecule has 7 aliphatic heterocycles. The van der Waals surface area contributed by atoms with Crippen LogP contribution in [-0.2, 0) is 90.3 Å². The van der Waals surface area contributed by atoms with Gasteiger partial charge in [0.25, 0.3) is 5.79 Å². The van der Waals surface area contributed by atoms with Crippen molar-refractivity contribution in [3.05, 3.63) is 12.2 Å². The van der Waals surface area contributed by atoms with E-state index in [1.807, 2.05) is 0 Å². The maximum Gasteiger partial charge on any atom is 0.364 e. The van der Waals surface area contributed by atoms with E-state index >= 15 is 0 Å². The van der Waals surface area contributed by atoms with Crippen molar-refractivity contribution in [2.24, 2.45) is 0 Å². The molecule has 0 spiro atoms. The lowest BCUT2D eigenvalue weighted by Gasteiger charge is -2.53. The molecule has 7 aliphatic rings. The second kappa shape index (κ2) is 61.0. The first-order valence-electron chi connectivity index (χ1n) is 49.0. The van der Waals surface area contributed by atoms with Gasteiger partial charge < -0.3 is 195 Å². The molecule has 7 rings (SSSR count). The first-order chi connectivity index (χ1) is 64.6. The maximum absolute atomic E-state index is 14.1. The van der Waals surface area contributed by atoms with E-state index in [1.165, 1.54) is 135 Å². The topological polar surface area (TPSA) is 688 Å². The first kappa shape index (κ1) is 118. The number of nitrogens with one attached hydrogen (secondary N) is 4. The molecule has 0 aliphatic carbocycles. The highest BCUT2D eigenvalue weighted by Gasteiger charge is 2.63.